The monoisotopic (exact) mass is 384 g/mol. The highest BCUT2D eigenvalue weighted by Gasteiger charge is 2.68. The summed E-state index contributed by atoms with van der Waals surface area (Å²) in [6, 6.07) is 9.74. The van der Waals surface area contributed by atoms with Crippen molar-refractivity contribution in [2.45, 2.75) is 36.9 Å². The van der Waals surface area contributed by atoms with Crippen molar-refractivity contribution in [3.63, 3.8) is 0 Å². The van der Waals surface area contributed by atoms with Gasteiger partial charge in [0.2, 0.25) is 0 Å². The molecule has 7 nitrogen and oxygen atoms in total. The van der Waals surface area contributed by atoms with E-state index in [-0.39, 0.29) is 18.1 Å². The van der Waals surface area contributed by atoms with Gasteiger partial charge in [0.1, 0.15) is 18.5 Å². The molecule has 1 N–H and O–H groups in total. The molecular formula is C21H24N2O5. The first-order valence-electron chi connectivity index (χ1n) is 9.51. The summed E-state index contributed by atoms with van der Waals surface area (Å²) in [6.07, 6.45) is 1.73. The maximum absolute atomic E-state index is 11.4. The minimum atomic E-state index is -0.973. The Hall–Kier alpha value is -2.35. The number of benzene rings is 1. The second-order valence-corrected chi connectivity index (χ2v) is 7.88. The molecule has 1 aliphatic carbocycles. The highest BCUT2D eigenvalue weighted by molar-refractivity contribution is 5.45. The predicted molar refractivity (Wildman–Crippen MR) is 99.5 cm³/mol. The van der Waals surface area contributed by atoms with E-state index in [0.717, 1.165) is 12.0 Å². The minimum Gasteiger partial charge on any atom is -0.498 e. The zero-order chi connectivity index (χ0) is 19.5. The fourth-order valence-corrected chi connectivity index (χ4v) is 5.03. The van der Waals surface area contributed by atoms with Crippen LogP contribution in [0.1, 0.15) is 35.5 Å². The highest BCUT2D eigenvalue weighted by atomic mass is 16.6. The molecule has 148 valence electrons. The first-order valence-corrected chi connectivity index (χ1v) is 9.51. The predicted octanol–water partition coefficient (Wildman–Crippen LogP) is 2.59. The molecule has 1 fully saturated rings. The number of methoxy groups -OCH3 is 1. The van der Waals surface area contributed by atoms with Gasteiger partial charge in [-0.25, -0.2) is 0 Å². The highest BCUT2D eigenvalue weighted by Crippen LogP contribution is 2.63. The van der Waals surface area contributed by atoms with Gasteiger partial charge in [-0.15, -0.1) is 0 Å². The average molecular weight is 384 g/mol. The van der Waals surface area contributed by atoms with E-state index in [4.69, 9.17) is 18.7 Å². The molecule has 7 heteroatoms. The number of hydrogen-bond donors (Lipinski definition) is 1. The lowest BCUT2D eigenvalue weighted by molar-refractivity contribution is -0.132. The van der Waals surface area contributed by atoms with Crippen LogP contribution in [0.25, 0.3) is 0 Å². The number of ether oxygens (including phenoxy) is 3. The SMILES string of the molecule is COC1=C[C@@H]2C[C@H]3[C@H](N(C)C)c4onc(OCc5ccccc5)c4[C@@H](O)[C@@]13O2. The van der Waals surface area contributed by atoms with Gasteiger partial charge in [-0.2, -0.15) is 0 Å². The molecule has 28 heavy (non-hydrogen) atoms. The number of aliphatic hydroxyl groups excluding tert-OH is 1. The zero-order valence-electron chi connectivity index (χ0n) is 16.2. The quantitative estimate of drug-likeness (QED) is 0.849. The number of aromatic nitrogens is 1. The number of rotatable bonds is 5. The fraction of sp³-hybridized carbons (Fsp3) is 0.476. The molecule has 1 aromatic carbocycles. The summed E-state index contributed by atoms with van der Waals surface area (Å²) in [5, 5.41) is 15.6. The number of fused-ring (bicyclic) bond motifs is 2. The Morgan fingerprint density at radius 1 is 1.29 bits per heavy atom. The molecule has 0 unspecified atom stereocenters. The van der Waals surface area contributed by atoms with E-state index in [9.17, 15) is 5.11 Å². The topological polar surface area (TPSA) is 77.2 Å². The van der Waals surface area contributed by atoms with Crippen molar-refractivity contribution in [1.82, 2.24) is 10.1 Å². The third-order valence-corrected chi connectivity index (χ3v) is 6.15. The Morgan fingerprint density at radius 2 is 2.07 bits per heavy atom. The van der Waals surface area contributed by atoms with Crippen molar-refractivity contribution in [3.8, 4) is 5.88 Å². The molecule has 5 rings (SSSR count). The third kappa shape index (κ3) is 2.30. The van der Waals surface area contributed by atoms with E-state index in [0.29, 0.717) is 29.6 Å². The molecular weight excluding hydrogens is 360 g/mol. The first-order chi connectivity index (χ1) is 13.6. The summed E-state index contributed by atoms with van der Waals surface area (Å²) in [5.41, 5.74) is 0.634. The summed E-state index contributed by atoms with van der Waals surface area (Å²) >= 11 is 0. The molecule has 1 spiro atoms. The molecule has 1 saturated heterocycles. The smallest absolute Gasteiger partial charge is 0.260 e. The standard InChI is InChI=1S/C21H24N2O5/c1-23(2)17-14-9-13-10-15(25-3)21(14,27-13)19(24)16-18(17)28-22-20(16)26-11-12-7-5-4-6-8-12/h4-8,10,13-14,17,19,24H,9,11H2,1-3H3/t13-,14-,17-,19+,21-/m0/s1. The first kappa shape index (κ1) is 17.7. The van der Waals surface area contributed by atoms with E-state index in [1.165, 1.54) is 0 Å². The van der Waals surface area contributed by atoms with Gasteiger partial charge in [-0.1, -0.05) is 30.3 Å². The van der Waals surface area contributed by atoms with Crippen molar-refractivity contribution in [2.75, 3.05) is 21.2 Å². The van der Waals surface area contributed by atoms with Gasteiger partial charge in [-0.3, -0.25) is 4.90 Å². The molecule has 2 bridgehead atoms. The Kier molecular flexibility index (Phi) is 4.01. The van der Waals surface area contributed by atoms with Crippen LogP contribution in [0.5, 0.6) is 5.88 Å². The van der Waals surface area contributed by atoms with Gasteiger partial charge in [-0.05, 0) is 37.3 Å². The molecule has 2 aliphatic heterocycles. The Labute approximate surface area is 163 Å². The van der Waals surface area contributed by atoms with Crippen LogP contribution in [0.2, 0.25) is 0 Å². The summed E-state index contributed by atoms with van der Waals surface area (Å²) < 4.78 is 23.6. The maximum Gasteiger partial charge on any atom is 0.260 e. The van der Waals surface area contributed by atoms with E-state index in [1.807, 2.05) is 50.5 Å². The Morgan fingerprint density at radius 3 is 2.79 bits per heavy atom. The molecule has 1 aromatic heterocycles. The van der Waals surface area contributed by atoms with Crippen LogP contribution in [-0.4, -0.2) is 48.1 Å². The van der Waals surface area contributed by atoms with Crippen LogP contribution < -0.4 is 4.74 Å². The number of aliphatic hydroxyl groups is 1. The Balaban J connectivity index is 1.56. The normalized spacial score (nSPS) is 32.8. The molecule has 2 aromatic rings. The lowest BCUT2D eigenvalue weighted by Crippen LogP contribution is -2.51. The summed E-state index contributed by atoms with van der Waals surface area (Å²) in [5.74, 6) is 1.63. The van der Waals surface area contributed by atoms with Crippen LogP contribution in [-0.2, 0) is 16.1 Å². The van der Waals surface area contributed by atoms with Crippen molar-refractivity contribution in [3.05, 3.63) is 59.1 Å². The Bertz CT molecular complexity index is 909. The van der Waals surface area contributed by atoms with Gasteiger partial charge in [0.05, 0.1) is 24.8 Å². The van der Waals surface area contributed by atoms with Crippen molar-refractivity contribution >= 4 is 0 Å². The summed E-state index contributed by atoms with van der Waals surface area (Å²) in [7, 11) is 5.61. The molecule has 5 atom stereocenters. The average Bonchev–Trinajstić information content (AvgIpc) is 3.38. The largest absolute Gasteiger partial charge is 0.498 e. The van der Waals surface area contributed by atoms with Crippen molar-refractivity contribution in [1.29, 1.82) is 0 Å². The van der Waals surface area contributed by atoms with Gasteiger partial charge in [0.15, 0.2) is 11.4 Å². The van der Waals surface area contributed by atoms with Crippen molar-refractivity contribution < 1.29 is 23.8 Å². The maximum atomic E-state index is 11.4. The zero-order valence-corrected chi connectivity index (χ0v) is 16.2. The second-order valence-electron chi connectivity index (χ2n) is 7.88. The van der Waals surface area contributed by atoms with Gasteiger partial charge < -0.3 is 23.8 Å². The van der Waals surface area contributed by atoms with E-state index >= 15 is 0 Å². The van der Waals surface area contributed by atoms with Crippen LogP contribution in [0.4, 0.5) is 0 Å². The van der Waals surface area contributed by atoms with Crippen LogP contribution in [0.3, 0.4) is 0 Å². The van der Waals surface area contributed by atoms with Gasteiger partial charge in [0.25, 0.3) is 5.88 Å². The molecule has 0 saturated carbocycles. The minimum absolute atomic E-state index is 0.00451. The van der Waals surface area contributed by atoms with Gasteiger partial charge in [0, 0.05) is 5.92 Å². The second kappa shape index (κ2) is 6.34. The van der Waals surface area contributed by atoms with Crippen LogP contribution >= 0.6 is 0 Å². The van der Waals surface area contributed by atoms with Crippen molar-refractivity contribution in [2.24, 2.45) is 5.92 Å². The van der Waals surface area contributed by atoms with E-state index in [2.05, 4.69) is 10.1 Å². The lowest BCUT2D eigenvalue weighted by atomic mass is 9.66. The molecule has 0 amide bonds. The molecule has 3 aliphatic rings. The molecule has 0 radical (unpaired) electrons. The fourth-order valence-electron chi connectivity index (χ4n) is 5.03. The summed E-state index contributed by atoms with van der Waals surface area (Å²) in [6.45, 7) is 0.339. The van der Waals surface area contributed by atoms with Crippen LogP contribution in [0, 0.1) is 5.92 Å². The summed E-state index contributed by atoms with van der Waals surface area (Å²) in [4.78, 5) is 2.08. The van der Waals surface area contributed by atoms with E-state index < -0.39 is 11.7 Å². The molecule has 3 heterocycles. The number of hydrogen-bond acceptors (Lipinski definition) is 7. The van der Waals surface area contributed by atoms with E-state index in [1.54, 1.807) is 7.11 Å². The van der Waals surface area contributed by atoms with Crippen LogP contribution in [0.15, 0.2) is 46.7 Å². The number of nitrogens with zero attached hydrogens (tertiary/aromatic N) is 2. The third-order valence-electron chi connectivity index (χ3n) is 6.15. The van der Waals surface area contributed by atoms with Gasteiger partial charge >= 0.3 is 0 Å². The lowest BCUT2D eigenvalue weighted by Gasteiger charge is -2.46.